The molecule has 2 rings (SSSR count). The van der Waals surface area contributed by atoms with Gasteiger partial charge in [-0.2, -0.15) is 0 Å². The molecule has 0 aromatic heterocycles. The van der Waals surface area contributed by atoms with Gasteiger partial charge in [0.05, 0.1) is 10.8 Å². The fraction of sp³-hybridized carbons (Fsp3) is 0.500. The standard InChI is InChI=1S/C14H21N3O3S.ClH/c1-11-3-5-13(6-4-11)21(19,20)16-7-8-17(2)14(18)12-9-15-10-12;/h3-6,12,15-16H,7-10H2,1-2H3;1H. The van der Waals surface area contributed by atoms with Crippen molar-refractivity contribution < 1.29 is 13.2 Å². The van der Waals surface area contributed by atoms with E-state index in [-0.39, 0.29) is 35.7 Å². The van der Waals surface area contributed by atoms with Crippen LogP contribution in [0.3, 0.4) is 0 Å². The summed E-state index contributed by atoms with van der Waals surface area (Å²) in [5.41, 5.74) is 1.01. The molecule has 1 fully saturated rings. The van der Waals surface area contributed by atoms with Gasteiger partial charge in [-0.15, -0.1) is 12.4 Å². The van der Waals surface area contributed by atoms with E-state index < -0.39 is 10.0 Å². The molecule has 0 saturated carbocycles. The van der Waals surface area contributed by atoms with E-state index in [1.165, 1.54) is 0 Å². The van der Waals surface area contributed by atoms with Crippen LogP contribution in [0.2, 0.25) is 0 Å². The minimum absolute atomic E-state index is 0. The molecule has 124 valence electrons. The molecule has 1 aliphatic heterocycles. The highest BCUT2D eigenvalue weighted by Crippen LogP contribution is 2.10. The number of sulfonamides is 1. The minimum atomic E-state index is -3.51. The summed E-state index contributed by atoms with van der Waals surface area (Å²) in [7, 11) is -1.82. The van der Waals surface area contributed by atoms with E-state index in [1.807, 2.05) is 6.92 Å². The van der Waals surface area contributed by atoms with E-state index in [0.29, 0.717) is 19.6 Å². The topological polar surface area (TPSA) is 78.5 Å². The number of rotatable bonds is 6. The van der Waals surface area contributed by atoms with Gasteiger partial charge in [0.2, 0.25) is 15.9 Å². The lowest BCUT2D eigenvalue weighted by Crippen LogP contribution is -2.52. The Labute approximate surface area is 137 Å². The second kappa shape index (κ2) is 7.92. The first-order valence-electron chi connectivity index (χ1n) is 6.92. The summed E-state index contributed by atoms with van der Waals surface area (Å²) in [6, 6.07) is 6.67. The lowest BCUT2D eigenvalue weighted by Gasteiger charge is -2.30. The number of hydrogen-bond acceptors (Lipinski definition) is 4. The second-order valence-electron chi connectivity index (χ2n) is 5.33. The SMILES string of the molecule is Cc1ccc(S(=O)(=O)NCCN(C)C(=O)C2CNC2)cc1.Cl. The molecule has 0 aliphatic carbocycles. The number of carbonyl (C=O) groups is 1. The Kier molecular flexibility index (Phi) is 6.80. The molecule has 6 nitrogen and oxygen atoms in total. The summed E-state index contributed by atoms with van der Waals surface area (Å²) in [5.74, 6) is 0.0898. The number of aryl methyl sites for hydroxylation is 1. The van der Waals surface area contributed by atoms with Crippen LogP contribution in [0.5, 0.6) is 0 Å². The molecule has 1 aliphatic rings. The molecule has 0 radical (unpaired) electrons. The van der Waals surface area contributed by atoms with Crippen molar-refractivity contribution in [1.29, 1.82) is 0 Å². The van der Waals surface area contributed by atoms with Crippen LogP contribution in [0, 0.1) is 12.8 Å². The summed E-state index contributed by atoms with van der Waals surface area (Å²) < 4.78 is 26.7. The number of amides is 1. The number of carbonyl (C=O) groups excluding carboxylic acids is 1. The number of hydrogen-bond donors (Lipinski definition) is 2. The maximum absolute atomic E-state index is 12.1. The average Bonchev–Trinajstić information content (AvgIpc) is 2.36. The number of nitrogens with one attached hydrogen (secondary N) is 2. The Hall–Kier alpha value is -1.15. The van der Waals surface area contributed by atoms with Crippen LogP contribution in [0.4, 0.5) is 0 Å². The maximum atomic E-state index is 12.1. The largest absolute Gasteiger partial charge is 0.344 e. The first-order valence-corrected chi connectivity index (χ1v) is 8.40. The zero-order chi connectivity index (χ0) is 15.5. The van der Waals surface area contributed by atoms with Crippen molar-refractivity contribution in [3.05, 3.63) is 29.8 Å². The van der Waals surface area contributed by atoms with Gasteiger partial charge >= 0.3 is 0 Å². The lowest BCUT2D eigenvalue weighted by molar-refractivity contribution is -0.135. The van der Waals surface area contributed by atoms with Crippen LogP contribution in [-0.2, 0) is 14.8 Å². The van der Waals surface area contributed by atoms with Crippen molar-refractivity contribution in [2.75, 3.05) is 33.2 Å². The molecule has 1 saturated heterocycles. The Balaban J connectivity index is 0.00000242. The third-order valence-electron chi connectivity index (χ3n) is 3.58. The molecule has 22 heavy (non-hydrogen) atoms. The summed E-state index contributed by atoms with van der Waals surface area (Å²) in [4.78, 5) is 13.7. The molecule has 1 aromatic carbocycles. The zero-order valence-corrected chi connectivity index (χ0v) is 14.3. The highest BCUT2D eigenvalue weighted by Gasteiger charge is 2.27. The van der Waals surface area contributed by atoms with Crippen molar-refractivity contribution in [1.82, 2.24) is 14.9 Å². The summed E-state index contributed by atoms with van der Waals surface area (Å²) in [6.45, 7) is 3.88. The number of halogens is 1. The van der Waals surface area contributed by atoms with Gasteiger partial charge in [0.15, 0.2) is 0 Å². The van der Waals surface area contributed by atoms with Gasteiger partial charge in [-0.05, 0) is 19.1 Å². The molecule has 8 heteroatoms. The Morgan fingerprint density at radius 3 is 2.41 bits per heavy atom. The van der Waals surface area contributed by atoms with Crippen LogP contribution < -0.4 is 10.0 Å². The minimum Gasteiger partial charge on any atom is -0.344 e. The lowest BCUT2D eigenvalue weighted by atomic mass is 10.0. The number of benzene rings is 1. The van der Waals surface area contributed by atoms with E-state index in [2.05, 4.69) is 10.0 Å². The fourth-order valence-electron chi connectivity index (χ4n) is 2.03. The van der Waals surface area contributed by atoms with Crippen molar-refractivity contribution in [3.8, 4) is 0 Å². The van der Waals surface area contributed by atoms with Crippen LogP contribution >= 0.6 is 12.4 Å². The van der Waals surface area contributed by atoms with E-state index in [1.54, 1.807) is 36.2 Å². The maximum Gasteiger partial charge on any atom is 0.240 e. The molecule has 0 unspecified atom stereocenters. The summed E-state index contributed by atoms with van der Waals surface area (Å²) >= 11 is 0. The number of likely N-dealkylation sites (N-methyl/N-ethyl adjacent to an activating group) is 1. The van der Waals surface area contributed by atoms with Crippen LogP contribution in [0.25, 0.3) is 0 Å². The smallest absolute Gasteiger partial charge is 0.240 e. The fourth-order valence-corrected chi connectivity index (χ4v) is 3.05. The van der Waals surface area contributed by atoms with Gasteiger partial charge in [0.25, 0.3) is 0 Å². The number of nitrogens with zero attached hydrogens (tertiary/aromatic N) is 1. The Bertz CT molecular complexity index is 600. The molecule has 0 spiro atoms. The van der Waals surface area contributed by atoms with Gasteiger partial charge in [-0.3, -0.25) is 4.79 Å². The predicted molar refractivity (Wildman–Crippen MR) is 87.6 cm³/mol. The predicted octanol–water partition coefficient (Wildman–Crippen LogP) is 0.373. The first-order chi connectivity index (χ1) is 9.90. The van der Waals surface area contributed by atoms with Gasteiger partial charge in [-0.25, -0.2) is 13.1 Å². The molecule has 2 N–H and O–H groups in total. The van der Waals surface area contributed by atoms with Gasteiger partial charge in [0, 0.05) is 33.2 Å². The average molecular weight is 348 g/mol. The molecule has 0 atom stereocenters. The third-order valence-corrected chi connectivity index (χ3v) is 5.05. The van der Waals surface area contributed by atoms with Crippen molar-refractivity contribution in [2.24, 2.45) is 5.92 Å². The van der Waals surface area contributed by atoms with Crippen molar-refractivity contribution >= 4 is 28.3 Å². The van der Waals surface area contributed by atoms with Crippen LogP contribution in [-0.4, -0.2) is 52.5 Å². The van der Waals surface area contributed by atoms with Crippen molar-refractivity contribution in [2.45, 2.75) is 11.8 Å². The van der Waals surface area contributed by atoms with Gasteiger partial charge in [0.1, 0.15) is 0 Å². The molecular formula is C14H22ClN3O3S. The first kappa shape index (κ1) is 18.9. The highest BCUT2D eigenvalue weighted by atomic mass is 35.5. The second-order valence-corrected chi connectivity index (χ2v) is 7.09. The van der Waals surface area contributed by atoms with E-state index >= 15 is 0 Å². The van der Waals surface area contributed by atoms with E-state index in [0.717, 1.165) is 5.56 Å². The van der Waals surface area contributed by atoms with E-state index in [9.17, 15) is 13.2 Å². The molecule has 0 bridgehead atoms. The van der Waals surface area contributed by atoms with Crippen molar-refractivity contribution in [3.63, 3.8) is 0 Å². The highest BCUT2D eigenvalue weighted by molar-refractivity contribution is 7.89. The molecule has 1 heterocycles. The van der Waals surface area contributed by atoms with E-state index in [4.69, 9.17) is 0 Å². The molecule has 1 aromatic rings. The summed E-state index contributed by atoms with van der Waals surface area (Å²) in [5, 5.41) is 3.04. The summed E-state index contributed by atoms with van der Waals surface area (Å²) in [6.07, 6.45) is 0. The van der Waals surface area contributed by atoms with Gasteiger partial charge < -0.3 is 10.2 Å². The third kappa shape index (κ3) is 4.67. The zero-order valence-electron chi connectivity index (χ0n) is 12.7. The van der Waals surface area contributed by atoms with Crippen LogP contribution in [0.1, 0.15) is 5.56 Å². The molecule has 1 amide bonds. The normalized spacial score (nSPS) is 14.8. The Morgan fingerprint density at radius 1 is 1.32 bits per heavy atom. The Morgan fingerprint density at radius 2 is 1.91 bits per heavy atom. The van der Waals surface area contributed by atoms with Gasteiger partial charge in [-0.1, -0.05) is 17.7 Å². The quantitative estimate of drug-likeness (QED) is 0.779. The van der Waals surface area contributed by atoms with Crippen LogP contribution in [0.15, 0.2) is 29.2 Å². The molecular weight excluding hydrogens is 326 g/mol. The monoisotopic (exact) mass is 347 g/mol.